The summed E-state index contributed by atoms with van der Waals surface area (Å²) in [6, 6.07) is 2.84. The van der Waals surface area contributed by atoms with Crippen molar-refractivity contribution in [1.82, 2.24) is 0 Å². The largest absolute Gasteiger partial charge is 0.494 e. The van der Waals surface area contributed by atoms with Crippen LogP contribution in [0.2, 0.25) is 0 Å². The minimum Gasteiger partial charge on any atom is -0.494 e. The highest BCUT2D eigenvalue weighted by molar-refractivity contribution is 5.34. The maximum Gasteiger partial charge on any atom is 0.204 e. The molecule has 0 spiro atoms. The summed E-state index contributed by atoms with van der Waals surface area (Å²) in [4.78, 5) is 0. The Morgan fingerprint density at radius 3 is 2.23 bits per heavy atom. The van der Waals surface area contributed by atoms with Crippen molar-refractivity contribution < 1.29 is 23.0 Å². The van der Waals surface area contributed by atoms with Gasteiger partial charge in [-0.25, -0.2) is 0 Å². The van der Waals surface area contributed by atoms with Crippen LogP contribution in [-0.2, 0) is 4.74 Å². The first kappa shape index (κ1) is 19.4. The van der Waals surface area contributed by atoms with Gasteiger partial charge in [0.15, 0.2) is 11.5 Å². The summed E-state index contributed by atoms with van der Waals surface area (Å²) in [5.74, 6) is -0.262. The van der Waals surface area contributed by atoms with Crippen LogP contribution >= 0.6 is 0 Å². The van der Waals surface area contributed by atoms with Crippen molar-refractivity contribution in [2.45, 2.75) is 58.0 Å². The average molecular weight is 368 g/mol. The molecule has 1 aliphatic heterocycles. The Hall–Kier alpha value is -1.36. The van der Waals surface area contributed by atoms with E-state index in [9.17, 15) is 8.78 Å². The van der Waals surface area contributed by atoms with Crippen molar-refractivity contribution in [3.63, 3.8) is 0 Å². The topological polar surface area (TPSA) is 27.7 Å². The van der Waals surface area contributed by atoms with Gasteiger partial charge in [0, 0.05) is 0 Å². The van der Waals surface area contributed by atoms with E-state index in [1.165, 1.54) is 44.9 Å². The van der Waals surface area contributed by atoms with Gasteiger partial charge in [0.2, 0.25) is 11.6 Å². The second kappa shape index (κ2) is 9.03. The molecular formula is C21H30F2O3. The third kappa shape index (κ3) is 4.48. The lowest BCUT2D eigenvalue weighted by molar-refractivity contribution is -0.0405. The van der Waals surface area contributed by atoms with Crippen molar-refractivity contribution in [3.8, 4) is 11.5 Å². The number of halogens is 2. The van der Waals surface area contributed by atoms with Gasteiger partial charge in [0.05, 0.1) is 26.4 Å². The third-order valence-corrected chi connectivity index (χ3v) is 6.12. The molecule has 1 saturated carbocycles. The standard InChI is InChI=1S/C21H30F2O3/c1-3-17-9-8-16(13-25-17)15-6-4-14(5-7-15)12-26-19-11-10-18(24-2)20(22)21(19)23/h10-11,14-17H,3-9,12-13H2,1-2H3. The molecule has 3 rings (SSSR count). The molecule has 0 N–H and O–H groups in total. The summed E-state index contributed by atoms with van der Waals surface area (Å²) in [6.45, 7) is 3.53. The Morgan fingerprint density at radius 1 is 0.962 bits per heavy atom. The molecule has 0 bridgehead atoms. The molecular weight excluding hydrogens is 338 g/mol. The van der Waals surface area contributed by atoms with Crippen molar-refractivity contribution in [2.75, 3.05) is 20.3 Å². The van der Waals surface area contributed by atoms with Crippen molar-refractivity contribution in [3.05, 3.63) is 23.8 Å². The second-order valence-corrected chi connectivity index (χ2v) is 7.69. The third-order valence-electron chi connectivity index (χ3n) is 6.12. The van der Waals surface area contributed by atoms with Crippen LogP contribution in [0, 0.1) is 29.4 Å². The SMILES string of the molecule is CCC1CCC(C2CCC(COc3ccc(OC)c(F)c3F)CC2)CO1. The lowest BCUT2D eigenvalue weighted by Gasteiger charge is -2.37. The van der Waals surface area contributed by atoms with Gasteiger partial charge < -0.3 is 14.2 Å². The number of methoxy groups -OCH3 is 1. The molecule has 2 aliphatic rings. The quantitative estimate of drug-likeness (QED) is 0.676. The zero-order chi connectivity index (χ0) is 18.5. The van der Waals surface area contributed by atoms with E-state index in [2.05, 4.69) is 6.92 Å². The van der Waals surface area contributed by atoms with Crippen LogP contribution in [0.25, 0.3) is 0 Å². The van der Waals surface area contributed by atoms with Crippen LogP contribution in [0.1, 0.15) is 51.9 Å². The predicted molar refractivity (Wildman–Crippen MR) is 96.6 cm³/mol. The number of hydrogen-bond acceptors (Lipinski definition) is 3. The zero-order valence-electron chi connectivity index (χ0n) is 15.8. The predicted octanol–water partition coefficient (Wildman–Crippen LogP) is 5.36. The van der Waals surface area contributed by atoms with E-state index in [1.807, 2.05) is 0 Å². The average Bonchev–Trinajstić information content (AvgIpc) is 2.70. The van der Waals surface area contributed by atoms with Crippen LogP contribution < -0.4 is 9.47 Å². The van der Waals surface area contributed by atoms with Crippen LogP contribution in [0.15, 0.2) is 12.1 Å². The van der Waals surface area contributed by atoms with Gasteiger partial charge in [-0.1, -0.05) is 6.92 Å². The van der Waals surface area contributed by atoms with E-state index < -0.39 is 11.6 Å². The van der Waals surface area contributed by atoms with Crippen LogP contribution in [-0.4, -0.2) is 26.4 Å². The molecule has 2 unspecified atom stereocenters. The lowest BCUT2D eigenvalue weighted by Crippen LogP contribution is -2.32. The summed E-state index contributed by atoms with van der Waals surface area (Å²) >= 11 is 0. The molecule has 0 radical (unpaired) electrons. The maximum absolute atomic E-state index is 14.0. The normalized spacial score (nSPS) is 29.4. The second-order valence-electron chi connectivity index (χ2n) is 7.69. The maximum atomic E-state index is 14.0. The number of rotatable bonds is 6. The molecule has 5 heteroatoms. The Labute approximate surface area is 155 Å². The molecule has 1 aromatic rings. The summed E-state index contributed by atoms with van der Waals surface area (Å²) in [7, 11) is 1.32. The fraction of sp³-hybridized carbons (Fsp3) is 0.714. The highest BCUT2D eigenvalue weighted by Gasteiger charge is 2.31. The van der Waals surface area contributed by atoms with E-state index in [1.54, 1.807) is 0 Å². The minimum absolute atomic E-state index is 0.0308. The monoisotopic (exact) mass is 368 g/mol. The molecule has 1 aromatic carbocycles. The van der Waals surface area contributed by atoms with Gasteiger partial charge in [0.25, 0.3) is 0 Å². The summed E-state index contributed by atoms with van der Waals surface area (Å²) in [5, 5.41) is 0. The van der Waals surface area contributed by atoms with Crippen molar-refractivity contribution in [2.24, 2.45) is 17.8 Å². The molecule has 146 valence electrons. The highest BCUT2D eigenvalue weighted by Crippen LogP contribution is 2.38. The Morgan fingerprint density at radius 2 is 1.62 bits per heavy atom. The fourth-order valence-corrected chi connectivity index (χ4v) is 4.34. The Bertz CT molecular complexity index is 577. The lowest BCUT2D eigenvalue weighted by atomic mass is 9.74. The highest BCUT2D eigenvalue weighted by atomic mass is 19.2. The van der Waals surface area contributed by atoms with Gasteiger partial charge in [-0.3, -0.25) is 0 Å². The van der Waals surface area contributed by atoms with Crippen LogP contribution in [0.4, 0.5) is 8.78 Å². The molecule has 0 aromatic heterocycles. The number of ether oxygens (including phenoxy) is 3. The summed E-state index contributed by atoms with van der Waals surface area (Å²) in [6.07, 6.45) is 8.55. The van der Waals surface area contributed by atoms with Gasteiger partial charge in [0.1, 0.15) is 0 Å². The minimum atomic E-state index is -0.989. The Kier molecular flexibility index (Phi) is 6.74. The van der Waals surface area contributed by atoms with Gasteiger partial charge >= 0.3 is 0 Å². The van der Waals surface area contributed by atoms with Crippen LogP contribution in [0.5, 0.6) is 11.5 Å². The molecule has 0 amide bonds. The molecule has 2 atom stereocenters. The fourth-order valence-electron chi connectivity index (χ4n) is 4.34. The van der Waals surface area contributed by atoms with Crippen LogP contribution in [0.3, 0.4) is 0 Å². The van der Waals surface area contributed by atoms with Gasteiger partial charge in [-0.15, -0.1) is 0 Å². The first-order valence-electron chi connectivity index (χ1n) is 9.88. The first-order valence-corrected chi connectivity index (χ1v) is 9.88. The first-order chi connectivity index (χ1) is 12.6. The molecule has 1 heterocycles. The van der Waals surface area contributed by atoms with Gasteiger partial charge in [-0.05, 0) is 74.8 Å². The summed E-state index contributed by atoms with van der Waals surface area (Å²) in [5.41, 5.74) is 0. The molecule has 1 saturated heterocycles. The summed E-state index contributed by atoms with van der Waals surface area (Å²) < 4.78 is 44.0. The smallest absolute Gasteiger partial charge is 0.204 e. The van der Waals surface area contributed by atoms with Crippen molar-refractivity contribution >= 4 is 0 Å². The molecule has 2 fully saturated rings. The van der Waals surface area contributed by atoms with E-state index in [4.69, 9.17) is 14.2 Å². The number of benzene rings is 1. The van der Waals surface area contributed by atoms with E-state index in [0.717, 1.165) is 31.8 Å². The van der Waals surface area contributed by atoms with Gasteiger partial charge in [-0.2, -0.15) is 8.78 Å². The van der Waals surface area contributed by atoms with E-state index in [-0.39, 0.29) is 11.5 Å². The van der Waals surface area contributed by atoms with Crippen molar-refractivity contribution in [1.29, 1.82) is 0 Å². The zero-order valence-corrected chi connectivity index (χ0v) is 15.8. The molecule has 26 heavy (non-hydrogen) atoms. The molecule has 1 aliphatic carbocycles. The van der Waals surface area contributed by atoms with E-state index >= 15 is 0 Å². The number of hydrogen-bond donors (Lipinski definition) is 0. The molecule has 3 nitrogen and oxygen atoms in total. The van der Waals surface area contributed by atoms with E-state index in [0.29, 0.717) is 24.5 Å². The Balaban J connectivity index is 1.44.